The topological polar surface area (TPSA) is 59.3 Å². The highest BCUT2D eigenvalue weighted by molar-refractivity contribution is 5.83. The molecule has 0 atom stereocenters. The highest BCUT2D eigenvalue weighted by atomic mass is 19.4. The first-order chi connectivity index (χ1) is 13.3. The van der Waals surface area contributed by atoms with Crippen molar-refractivity contribution in [1.82, 2.24) is 19.7 Å². The Morgan fingerprint density at radius 1 is 1.10 bits per heavy atom. The third kappa shape index (κ3) is 5.36. The largest absolute Gasteiger partial charge is 0.433 e. The molecule has 3 heterocycles. The first-order valence-corrected chi connectivity index (χ1v) is 8.53. The van der Waals surface area contributed by atoms with E-state index < -0.39 is 34.6 Å². The second-order valence-electron chi connectivity index (χ2n) is 6.21. The Hall–Kier alpha value is -2.85. The predicted molar refractivity (Wildman–Crippen MR) is 94.2 cm³/mol. The zero-order valence-electron chi connectivity index (χ0n) is 15.7. The predicted octanol–water partition coefficient (Wildman–Crippen LogP) is 4.76. The first-order valence-electron chi connectivity index (χ1n) is 8.53. The molecule has 0 aromatic carbocycles. The number of amides is 1. The lowest BCUT2D eigenvalue weighted by molar-refractivity contribution is -0.144. The van der Waals surface area contributed by atoms with E-state index in [4.69, 9.17) is 0 Å². The quantitative estimate of drug-likeness (QED) is 0.608. The van der Waals surface area contributed by atoms with Crippen LogP contribution >= 0.6 is 0 Å². The van der Waals surface area contributed by atoms with Crippen LogP contribution in [-0.4, -0.2) is 26.8 Å². The average Bonchev–Trinajstić information content (AvgIpc) is 2.98. The lowest BCUT2D eigenvalue weighted by atomic mass is 10.1. The van der Waals surface area contributed by atoms with Crippen molar-refractivity contribution >= 4 is 22.6 Å². The van der Waals surface area contributed by atoms with Gasteiger partial charge < -0.3 is 5.32 Å². The summed E-state index contributed by atoms with van der Waals surface area (Å²) in [6, 6.07) is 2.41. The molecule has 3 rings (SSSR count). The van der Waals surface area contributed by atoms with E-state index in [-0.39, 0.29) is 17.6 Å². The minimum Gasteiger partial charge on any atom is -0.356 e. The van der Waals surface area contributed by atoms with Gasteiger partial charge in [0.05, 0.1) is 11.3 Å². The fourth-order valence-electron chi connectivity index (χ4n) is 2.53. The molecule has 0 saturated heterocycles. The number of halogens is 6. The van der Waals surface area contributed by atoms with E-state index in [0.29, 0.717) is 5.69 Å². The second kappa shape index (κ2) is 8.26. The van der Waals surface area contributed by atoms with Crippen LogP contribution in [-0.2, 0) is 17.1 Å². The Bertz CT molecular complexity index is 1020. The van der Waals surface area contributed by atoms with Gasteiger partial charge in [0.2, 0.25) is 5.91 Å². The molecule has 1 N–H and O–H groups in total. The highest BCUT2D eigenvalue weighted by Gasteiger charge is 2.39. The number of nitrogens with one attached hydrogen (secondary N) is 1. The van der Waals surface area contributed by atoms with Gasteiger partial charge in [-0.15, -0.1) is 0 Å². The van der Waals surface area contributed by atoms with E-state index in [9.17, 15) is 31.1 Å². The lowest BCUT2D eigenvalue weighted by Crippen LogP contribution is -2.19. The molecule has 29 heavy (non-hydrogen) atoms. The van der Waals surface area contributed by atoms with Gasteiger partial charge in [0, 0.05) is 25.1 Å². The fourth-order valence-corrected chi connectivity index (χ4v) is 2.53. The molecule has 3 aromatic heterocycles. The maximum absolute atomic E-state index is 13.1. The zero-order chi connectivity index (χ0) is 22.0. The van der Waals surface area contributed by atoms with E-state index in [1.54, 1.807) is 6.92 Å². The van der Waals surface area contributed by atoms with Crippen molar-refractivity contribution in [2.45, 2.75) is 39.5 Å². The number of carbonyl (C=O) groups is 1. The number of hydrogen-bond donors (Lipinski definition) is 1. The Balaban J connectivity index is 0.000000370. The van der Waals surface area contributed by atoms with Crippen molar-refractivity contribution in [1.29, 1.82) is 0 Å². The lowest BCUT2D eigenvalue weighted by Gasteiger charge is -2.14. The molecule has 0 aliphatic rings. The van der Waals surface area contributed by atoms with Gasteiger partial charge in [-0.3, -0.25) is 9.20 Å². The van der Waals surface area contributed by atoms with Crippen LogP contribution in [0.5, 0.6) is 0 Å². The smallest absolute Gasteiger partial charge is 0.356 e. The molecule has 0 radical (unpaired) electrons. The number of imidazole rings is 1. The summed E-state index contributed by atoms with van der Waals surface area (Å²) in [7, 11) is 0. The number of pyridine rings is 2. The van der Waals surface area contributed by atoms with Gasteiger partial charge in [-0.25, -0.2) is 9.97 Å². The van der Waals surface area contributed by atoms with Crippen LogP contribution < -0.4 is 5.32 Å². The summed E-state index contributed by atoms with van der Waals surface area (Å²) in [6.45, 7) is 5.93. The van der Waals surface area contributed by atoms with Crippen LogP contribution in [0.2, 0.25) is 0 Å². The SMILES string of the molecule is CCCNC(C)=O.Cc1cn2c(ccc3c(C(F)(F)F)cc(C(F)(F)F)nc32)n1. The Labute approximate surface area is 161 Å². The molecule has 1 amide bonds. The number of fused-ring (bicyclic) bond motifs is 3. The van der Waals surface area contributed by atoms with Crippen molar-refractivity contribution < 1.29 is 31.1 Å². The summed E-state index contributed by atoms with van der Waals surface area (Å²) >= 11 is 0. The van der Waals surface area contributed by atoms with Gasteiger partial charge in [-0.1, -0.05) is 6.92 Å². The van der Waals surface area contributed by atoms with Crippen molar-refractivity contribution in [3.05, 3.63) is 41.3 Å². The van der Waals surface area contributed by atoms with Crippen molar-refractivity contribution in [3.63, 3.8) is 0 Å². The number of rotatable bonds is 2. The maximum Gasteiger partial charge on any atom is 0.433 e. The minimum atomic E-state index is -4.98. The van der Waals surface area contributed by atoms with Crippen LogP contribution in [0.3, 0.4) is 0 Å². The Morgan fingerprint density at radius 2 is 1.76 bits per heavy atom. The Kier molecular flexibility index (Phi) is 6.39. The molecule has 0 spiro atoms. The van der Waals surface area contributed by atoms with Crippen LogP contribution in [0, 0.1) is 6.92 Å². The molecule has 0 aliphatic heterocycles. The molecule has 0 aliphatic carbocycles. The standard InChI is InChI=1S/C13H7F6N3.C5H11NO/c1-6-5-22-10(20-6)3-2-7-8(12(14,15)16)4-9(13(17,18)19)21-11(7)22;1-3-4-6-5(2)7/h2-5H,1H3;3-4H2,1-2H3,(H,6,7). The summed E-state index contributed by atoms with van der Waals surface area (Å²) in [5.41, 5.74) is -2.71. The number of alkyl halides is 6. The van der Waals surface area contributed by atoms with E-state index in [1.165, 1.54) is 19.2 Å². The monoisotopic (exact) mass is 420 g/mol. The van der Waals surface area contributed by atoms with Crippen LogP contribution in [0.1, 0.15) is 37.2 Å². The summed E-state index contributed by atoms with van der Waals surface area (Å²) in [6.07, 6.45) is -7.55. The minimum absolute atomic E-state index is 0.0257. The van der Waals surface area contributed by atoms with Gasteiger partial charge in [-0.2, -0.15) is 26.3 Å². The molecular weight excluding hydrogens is 402 g/mol. The molecule has 0 fully saturated rings. The van der Waals surface area contributed by atoms with Gasteiger partial charge in [0.25, 0.3) is 0 Å². The van der Waals surface area contributed by atoms with Crippen molar-refractivity contribution in [2.75, 3.05) is 6.54 Å². The summed E-state index contributed by atoms with van der Waals surface area (Å²) in [5.74, 6) is 0.0573. The highest BCUT2D eigenvalue weighted by Crippen LogP contribution is 2.38. The summed E-state index contributed by atoms with van der Waals surface area (Å²) in [4.78, 5) is 17.5. The number of aromatic nitrogens is 3. The number of carbonyl (C=O) groups excluding carboxylic acids is 1. The summed E-state index contributed by atoms with van der Waals surface area (Å²) < 4.78 is 78.8. The number of nitrogens with zero attached hydrogens (tertiary/aromatic N) is 3. The third-order valence-electron chi connectivity index (χ3n) is 3.74. The van der Waals surface area contributed by atoms with Crippen LogP contribution in [0.25, 0.3) is 16.7 Å². The molecule has 0 unspecified atom stereocenters. The average molecular weight is 420 g/mol. The normalized spacial score (nSPS) is 12.0. The molecule has 11 heteroatoms. The van der Waals surface area contributed by atoms with Gasteiger partial charge in [-0.05, 0) is 31.5 Å². The Morgan fingerprint density at radius 3 is 2.24 bits per heavy atom. The number of hydrogen-bond acceptors (Lipinski definition) is 3. The van der Waals surface area contributed by atoms with Gasteiger partial charge in [0.1, 0.15) is 17.0 Å². The fraction of sp³-hybridized carbons (Fsp3) is 0.389. The van der Waals surface area contributed by atoms with Crippen molar-refractivity contribution in [3.8, 4) is 0 Å². The van der Waals surface area contributed by atoms with Gasteiger partial charge >= 0.3 is 12.4 Å². The van der Waals surface area contributed by atoms with E-state index in [0.717, 1.165) is 23.4 Å². The van der Waals surface area contributed by atoms with Crippen LogP contribution in [0.4, 0.5) is 26.3 Å². The molecule has 158 valence electrons. The number of aryl methyl sites for hydroxylation is 1. The van der Waals surface area contributed by atoms with E-state index >= 15 is 0 Å². The van der Waals surface area contributed by atoms with Crippen molar-refractivity contribution in [2.24, 2.45) is 0 Å². The van der Waals surface area contributed by atoms with E-state index in [2.05, 4.69) is 15.3 Å². The molecular formula is C18H18F6N4O. The second-order valence-corrected chi connectivity index (χ2v) is 6.21. The maximum atomic E-state index is 13.1. The first kappa shape index (κ1) is 22.4. The summed E-state index contributed by atoms with van der Waals surface area (Å²) in [5, 5.41) is 2.24. The molecule has 3 aromatic rings. The molecule has 0 bridgehead atoms. The van der Waals surface area contributed by atoms with E-state index in [1.807, 2.05) is 6.92 Å². The van der Waals surface area contributed by atoms with Gasteiger partial charge in [0.15, 0.2) is 0 Å². The zero-order valence-corrected chi connectivity index (χ0v) is 15.7. The van der Waals surface area contributed by atoms with Crippen LogP contribution in [0.15, 0.2) is 24.4 Å². The molecule has 0 saturated carbocycles. The third-order valence-corrected chi connectivity index (χ3v) is 3.74. The molecule has 5 nitrogen and oxygen atoms in total.